The minimum atomic E-state index is -3.86. The Hall–Kier alpha value is -2.14. The van der Waals surface area contributed by atoms with Crippen molar-refractivity contribution < 1.29 is 13.3 Å². The third kappa shape index (κ3) is 10.2. The quantitative estimate of drug-likeness (QED) is 0.139. The predicted molar refractivity (Wildman–Crippen MR) is 162 cm³/mol. The van der Waals surface area contributed by atoms with E-state index >= 15 is 0 Å². The molecule has 8 nitrogen and oxygen atoms in total. The number of nitro benzene ring substituents is 1. The van der Waals surface area contributed by atoms with E-state index in [1.165, 1.54) is 18.6 Å². The fourth-order valence-electron chi connectivity index (χ4n) is 3.97. The molecule has 2 N–H and O–H groups in total. The molecule has 0 amide bonds. The normalized spacial score (nSPS) is 12.9. The van der Waals surface area contributed by atoms with Crippen molar-refractivity contribution in [1.29, 1.82) is 0 Å². The third-order valence-corrected chi connectivity index (χ3v) is 12.2. The van der Waals surface area contributed by atoms with Crippen molar-refractivity contribution in [2.75, 3.05) is 43.7 Å². The molecule has 0 aliphatic carbocycles. The van der Waals surface area contributed by atoms with Crippen molar-refractivity contribution in [3.05, 3.63) is 58.1 Å². The molecule has 0 heterocycles. The van der Waals surface area contributed by atoms with Gasteiger partial charge >= 0.3 is 0 Å². The minimum Gasteiger partial charge on any atom is -0.350 e. The molecule has 0 aliphatic heterocycles. The molecule has 0 spiro atoms. The van der Waals surface area contributed by atoms with E-state index in [0.717, 1.165) is 43.3 Å². The van der Waals surface area contributed by atoms with E-state index in [4.69, 9.17) is 0 Å². The predicted octanol–water partition coefficient (Wildman–Crippen LogP) is 6.35. The van der Waals surface area contributed by atoms with Crippen molar-refractivity contribution in [3.8, 4) is 0 Å². The summed E-state index contributed by atoms with van der Waals surface area (Å²) in [6.07, 6.45) is 7.56. The number of hydrogen-bond acceptors (Lipinski definition) is 6. The topological polar surface area (TPSA) is 105 Å². The highest BCUT2D eigenvalue weighted by atomic mass is 32.3. The highest BCUT2D eigenvalue weighted by Crippen LogP contribution is 2.45. The molecule has 0 radical (unpaired) electrons. The van der Waals surface area contributed by atoms with Crippen LogP contribution in [0, 0.1) is 16.0 Å². The number of anilines is 2. The Balaban J connectivity index is 2.09. The van der Waals surface area contributed by atoms with Crippen molar-refractivity contribution in [2.24, 2.45) is 5.92 Å². The van der Waals surface area contributed by atoms with Crippen molar-refractivity contribution in [3.63, 3.8) is 0 Å². The van der Waals surface area contributed by atoms with Gasteiger partial charge in [0, 0.05) is 24.8 Å². The van der Waals surface area contributed by atoms with E-state index < -0.39 is 25.0 Å². The van der Waals surface area contributed by atoms with E-state index in [1.54, 1.807) is 0 Å². The maximum Gasteiger partial charge on any atom is 0.294 e. The number of benzene rings is 2. The average Bonchev–Trinajstić information content (AvgIpc) is 2.81. The monoisotopic (exact) mass is 566 g/mol. The summed E-state index contributed by atoms with van der Waals surface area (Å²) in [5.41, 5.74) is 1.77. The zero-order chi connectivity index (χ0) is 28.5. The molecule has 0 unspecified atom stereocenters. The molecule has 0 saturated carbocycles. The molecule has 10 heteroatoms. The molecule has 0 aliphatic rings. The minimum absolute atomic E-state index is 0.109. The average molecular weight is 567 g/mol. The fourth-order valence-corrected chi connectivity index (χ4v) is 6.42. The zero-order valence-electron chi connectivity index (χ0n) is 24.0. The highest BCUT2D eigenvalue weighted by Gasteiger charge is 2.22. The first kappa shape index (κ1) is 32.1. The maximum atomic E-state index is 12.8. The van der Waals surface area contributed by atoms with Crippen LogP contribution in [0.3, 0.4) is 0 Å². The molecule has 214 valence electrons. The lowest BCUT2D eigenvalue weighted by Crippen LogP contribution is -2.26. The van der Waals surface area contributed by atoms with Gasteiger partial charge in [-0.05, 0) is 92.1 Å². The lowest BCUT2D eigenvalue weighted by atomic mass is 10.1. The summed E-state index contributed by atoms with van der Waals surface area (Å²) in [6.45, 7) is 10.9. The smallest absolute Gasteiger partial charge is 0.294 e. The first-order valence-corrected chi connectivity index (χ1v) is 17.4. The first-order valence-electron chi connectivity index (χ1n) is 13.2. The molecule has 0 fully saturated rings. The Labute approximate surface area is 231 Å². The van der Waals surface area contributed by atoms with Crippen LogP contribution in [0.4, 0.5) is 17.1 Å². The van der Waals surface area contributed by atoms with Crippen molar-refractivity contribution >= 4 is 37.1 Å². The Kier molecular flexibility index (Phi) is 12.1. The number of rotatable bonds is 16. The van der Waals surface area contributed by atoms with Gasteiger partial charge in [0.2, 0.25) is 10.0 Å². The summed E-state index contributed by atoms with van der Waals surface area (Å²) in [7, 11) is -2.55. The van der Waals surface area contributed by atoms with Gasteiger partial charge in [-0.3, -0.25) is 10.1 Å². The summed E-state index contributed by atoms with van der Waals surface area (Å²) in [5, 5.41) is 15.5. The van der Waals surface area contributed by atoms with Crippen LogP contribution in [0.25, 0.3) is 0 Å². The molecule has 0 atom stereocenters. The number of nitro groups is 1. The number of hydrogen-bond donors (Lipinski definition) is 2. The molecular formula is C28H46N4O4S2. The number of sulfonamides is 1. The summed E-state index contributed by atoms with van der Waals surface area (Å²) >= 11 is 0. The number of nitrogens with one attached hydrogen (secondary N) is 2. The Morgan fingerprint density at radius 2 is 1.74 bits per heavy atom. The zero-order valence-corrected chi connectivity index (χ0v) is 25.6. The molecule has 2 aromatic carbocycles. The van der Waals surface area contributed by atoms with E-state index in [0.29, 0.717) is 23.4 Å². The van der Waals surface area contributed by atoms with Gasteiger partial charge in [-0.25, -0.2) is 23.2 Å². The van der Waals surface area contributed by atoms with Gasteiger partial charge in [-0.1, -0.05) is 39.8 Å². The highest BCUT2D eigenvalue weighted by molar-refractivity contribution is 8.33. The van der Waals surface area contributed by atoms with Crippen molar-refractivity contribution in [2.45, 2.75) is 63.6 Å². The van der Waals surface area contributed by atoms with Gasteiger partial charge in [-0.2, -0.15) is 0 Å². The van der Waals surface area contributed by atoms with Crippen LogP contribution in [0.5, 0.6) is 0 Å². The second-order valence-corrected chi connectivity index (χ2v) is 17.5. The van der Waals surface area contributed by atoms with Crippen LogP contribution in [-0.4, -0.2) is 61.9 Å². The largest absolute Gasteiger partial charge is 0.350 e. The molecule has 2 rings (SSSR count). The van der Waals surface area contributed by atoms with Crippen molar-refractivity contribution in [1.82, 2.24) is 9.62 Å². The number of nitrogens with zero attached hydrogens (tertiary/aromatic N) is 2. The van der Waals surface area contributed by atoms with Gasteiger partial charge in [0.15, 0.2) is 0 Å². The summed E-state index contributed by atoms with van der Waals surface area (Å²) in [4.78, 5) is 13.4. The standard InChI is InChI=1S/C28H46N4O4S2/c1-22(2)11-9-17-31(5)21-24-12-8-13-25(19-24)30-27-15-14-26(20-28(27)32(33)34)38(35,36)29-16-10-18-37(6,7)23(3)4/h8,12-15,19-20,22-23,29-30H,9-11,16-18,21H2,1-7H3. The summed E-state index contributed by atoms with van der Waals surface area (Å²) in [5.74, 6) is 1.65. The van der Waals surface area contributed by atoms with Gasteiger partial charge in [-0.15, -0.1) is 0 Å². The van der Waals surface area contributed by atoms with Gasteiger partial charge in [0.1, 0.15) is 5.69 Å². The Morgan fingerprint density at radius 1 is 1.03 bits per heavy atom. The Bertz CT molecular complexity index is 1170. The SMILES string of the molecule is CC(C)CCCN(C)Cc1cccc(Nc2ccc(S(=O)(=O)NCCCS(C)(C)C(C)C)cc2[N+](=O)[O-])c1. The van der Waals surface area contributed by atoms with Crippen LogP contribution in [0.15, 0.2) is 47.4 Å². The van der Waals surface area contributed by atoms with E-state index in [2.05, 4.69) is 62.2 Å². The molecule has 38 heavy (non-hydrogen) atoms. The van der Waals surface area contributed by atoms with E-state index in [9.17, 15) is 18.5 Å². The maximum absolute atomic E-state index is 12.8. The molecule has 2 aromatic rings. The lowest BCUT2D eigenvalue weighted by Gasteiger charge is -2.35. The third-order valence-electron chi connectivity index (χ3n) is 6.87. The van der Waals surface area contributed by atoms with Gasteiger partial charge in [0.05, 0.1) is 9.82 Å². The second kappa shape index (κ2) is 14.3. The van der Waals surface area contributed by atoms with E-state index in [1.807, 2.05) is 24.3 Å². The molecule has 0 bridgehead atoms. The van der Waals surface area contributed by atoms with Crippen LogP contribution in [0.1, 0.15) is 52.5 Å². The summed E-state index contributed by atoms with van der Waals surface area (Å²) < 4.78 is 28.3. The fraction of sp³-hybridized carbons (Fsp3) is 0.571. The van der Waals surface area contributed by atoms with Crippen LogP contribution in [0.2, 0.25) is 0 Å². The van der Waals surface area contributed by atoms with Crippen LogP contribution in [-0.2, 0) is 16.6 Å². The Morgan fingerprint density at radius 3 is 2.37 bits per heavy atom. The molecular weight excluding hydrogens is 520 g/mol. The summed E-state index contributed by atoms with van der Waals surface area (Å²) in [6, 6.07) is 11.8. The second-order valence-electron chi connectivity index (χ2n) is 11.2. The molecule has 0 aromatic heterocycles. The van der Waals surface area contributed by atoms with Crippen LogP contribution >= 0.6 is 10.0 Å². The lowest BCUT2D eigenvalue weighted by molar-refractivity contribution is -0.384. The molecule has 0 saturated heterocycles. The van der Waals surface area contributed by atoms with Gasteiger partial charge < -0.3 is 10.2 Å². The first-order chi connectivity index (χ1) is 17.7. The van der Waals surface area contributed by atoms with Crippen LogP contribution < -0.4 is 10.0 Å². The van der Waals surface area contributed by atoms with E-state index in [-0.39, 0.29) is 16.3 Å². The van der Waals surface area contributed by atoms with Gasteiger partial charge in [0.25, 0.3) is 5.69 Å².